The normalized spacial score (nSPS) is 19.9. The van der Waals surface area contributed by atoms with Crippen molar-refractivity contribution in [1.29, 1.82) is 0 Å². The van der Waals surface area contributed by atoms with Gasteiger partial charge in [0.15, 0.2) is 0 Å². The van der Waals surface area contributed by atoms with E-state index >= 15 is 0 Å². The molecule has 0 spiro atoms. The second-order valence-electron chi connectivity index (χ2n) is 4.11. The third kappa shape index (κ3) is 3.08. The summed E-state index contributed by atoms with van der Waals surface area (Å²) in [6.45, 7) is 1.93. The molecule has 0 bridgehead atoms. The quantitative estimate of drug-likeness (QED) is 0.643. The van der Waals surface area contributed by atoms with E-state index < -0.39 is 4.92 Å². The molecule has 6 heteroatoms. The number of nitro benzene ring substituents is 1. The SMILES string of the molecule is O=[N+]([O-])c1cc(NC2CCCNC2)ccc1Cl. The van der Waals surface area contributed by atoms with Gasteiger partial charge in [0, 0.05) is 24.3 Å². The predicted molar refractivity (Wildman–Crippen MR) is 67.6 cm³/mol. The molecular formula is C11H14ClN3O2. The molecule has 0 radical (unpaired) electrons. The molecule has 2 rings (SSSR count). The maximum atomic E-state index is 10.7. The van der Waals surface area contributed by atoms with Crippen molar-refractivity contribution in [3.63, 3.8) is 0 Å². The van der Waals surface area contributed by atoms with Crippen LogP contribution in [0.2, 0.25) is 5.02 Å². The van der Waals surface area contributed by atoms with Gasteiger partial charge in [0.2, 0.25) is 0 Å². The number of hydrogen-bond acceptors (Lipinski definition) is 4. The summed E-state index contributed by atoms with van der Waals surface area (Å²) in [5.74, 6) is 0. The van der Waals surface area contributed by atoms with Crippen LogP contribution < -0.4 is 10.6 Å². The molecular weight excluding hydrogens is 242 g/mol. The van der Waals surface area contributed by atoms with Crippen molar-refractivity contribution in [3.8, 4) is 0 Å². The maximum Gasteiger partial charge on any atom is 0.289 e. The minimum atomic E-state index is -0.466. The first-order chi connectivity index (χ1) is 8.16. The smallest absolute Gasteiger partial charge is 0.289 e. The number of nitrogens with zero attached hydrogens (tertiary/aromatic N) is 1. The lowest BCUT2D eigenvalue weighted by Crippen LogP contribution is -2.38. The van der Waals surface area contributed by atoms with Gasteiger partial charge in [0.25, 0.3) is 5.69 Å². The summed E-state index contributed by atoms with van der Waals surface area (Å²) < 4.78 is 0. The summed E-state index contributed by atoms with van der Waals surface area (Å²) in [5.41, 5.74) is 0.690. The molecule has 0 aromatic heterocycles. The van der Waals surface area contributed by atoms with Crippen LogP contribution in [0.5, 0.6) is 0 Å². The molecule has 1 heterocycles. The molecule has 0 saturated carbocycles. The van der Waals surface area contributed by atoms with E-state index in [0.717, 1.165) is 31.6 Å². The Balaban J connectivity index is 2.10. The molecule has 5 nitrogen and oxygen atoms in total. The zero-order valence-electron chi connectivity index (χ0n) is 9.28. The minimum Gasteiger partial charge on any atom is -0.381 e. The second kappa shape index (κ2) is 5.33. The molecule has 1 fully saturated rings. The highest BCUT2D eigenvalue weighted by Crippen LogP contribution is 2.27. The van der Waals surface area contributed by atoms with Crippen molar-refractivity contribution in [2.75, 3.05) is 18.4 Å². The zero-order valence-corrected chi connectivity index (χ0v) is 10.0. The first-order valence-electron chi connectivity index (χ1n) is 5.58. The van der Waals surface area contributed by atoms with Crippen LogP contribution in [-0.2, 0) is 0 Å². The van der Waals surface area contributed by atoms with Crippen LogP contribution >= 0.6 is 11.6 Å². The lowest BCUT2D eigenvalue weighted by atomic mass is 10.1. The van der Waals surface area contributed by atoms with Gasteiger partial charge >= 0.3 is 0 Å². The van der Waals surface area contributed by atoms with Crippen molar-refractivity contribution in [3.05, 3.63) is 33.3 Å². The Labute approximate surface area is 104 Å². The molecule has 0 amide bonds. The summed E-state index contributed by atoms with van der Waals surface area (Å²) >= 11 is 5.75. The molecule has 1 aromatic rings. The zero-order chi connectivity index (χ0) is 12.3. The van der Waals surface area contributed by atoms with Crippen LogP contribution in [0.25, 0.3) is 0 Å². The summed E-state index contributed by atoms with van der Waals surface area (Å²) in [4.78, 5) is 10.3. The number of halogens is 1. The van der Waals surface area contributed by atoms with Gasteiger partial charge in [-0.25, -0.2) is 0 Å². The Bertz CT molecular complexity index is 419. The van der Waals surface area contributed by atoms with Gasteiger partial charge in [-0.1, -0.05) is 11.6 Å². The van der Waals surface area contributed by atoms with Gasteiger partial charge in [-0.15, -0.1) is 0 Å². The number of rotatable bonds is 3. The van der Waals surface area contributed by atoms with Gasteiger partial charge in [0.05, 0.1) is 4.92 Å². The van der Waals surface area contributed by atoms with Crippen LogP contribution in [0.15, 0.2) is 18.2 Å². The minimum absolute atomic E-state index is 0.0552. The summed E-state index contributed by atoms with van der Waals surface area (Å²) in [5, 5.41) is 17.5. The lowest BCUT2D eigenvalue weighted by Gasteiger charge is -2.24. The van der Waals surface area contributed by atoms with Gasteiger partial charge in [0.1, 0.15) is 5.02 Å². The molecule has 1 atom stereocenters. The second-order valence-corrected chi connectivity index (χ2v) is 4.52. The Kier molecular flexibility index (Phi) is 3.81. The van der Waals surface area contributed by atoms with Gasteiger partial charge < -0.3 is 10.6 Å². The van der Waals surface area contributed by atoms with E-state index in [-0.39, 0.29) is 10.7 Å². The first-order valence-corrected chi connectivity index (χ1v) is 5.96. The van der Waals surface area contributed by atoms with Crippen LogP contribution in [-0.4, -0.2) is 24.1 Å². The third-order valence-corrected chi connectivity index (χ3v) is 3.13. The molecule has 1 unspecified atom stereocenters. The maximum absolute atomic E-state index is 10.7. The molecule has 2 N–H and O–H groups in total. The van der Waals surface area contributed by atoms with Crippen molar-refractivity contribution in [2.45, 2.75) is 18.9 Å². The van der Waals surface area contributed by atoms with E-state index in [9.17, 15) is 10.1 Å². The lowest BCUT2D eigenvalue weighted by molar-refractivity contribution is -0.384. The number of benzene rings is 1. The van der Waals surface area contributed by atoms with E-state index in [2.05, 4.69) is 10.6 Å². The van der Waals surface area contributed by atoms with Crippen molar-refractivity contribution in [1.82, 2.24) is 5.32 Å². The summed E-state index contributed by atoms with van der Waals surface area (Å²) in [6, 6.07) is 5.13. The van der Waals surface area contributed by atoms with Gasteiger partial charge in [-0.05, 0) is 31.5 Å². The van der Waals surface area contributed by atoms with E-state index in [1.165, 1.54) is 6.07 Å². The molecule has 1 aromatic carbocycles. The molecule has 1 saturated heterocycles. The van der Waals surface area contributed by atoms with Crippen LogP contribution in [0.4, 0.5) is 11.4 Å². The number of anilines is 1. The summed E-state index contributed by atoms with van der Waals surface area (Å²) in [7, 11) is 0. The van der Waals surface area contributed by atoms with Crippen molar-refractivity contribution < 1.29 is 4.92 Å². The van der Waals surface area contributed by atoms with E-state index in [0.29, 0.717) is 6.04 Å². The topological polar surface area (TPSA) is 67.2 Å². The van der Waals surface area contributed by atoms with Crippen molar-refractivity contribution in [2.24, 2.45) is 0 Å². The molecule has 1 aliphatic heterocycles. The molecule has 1 aliphatic rings. The summed E-state index contributed by atoms with van der Waals surface area (Å²) in [6.07, 6.45) is 2.19. The third-order valence-electron chi connectivity index (χ3n) is 2.81. The molecule has 92 valence electrons. The number of piperidine rings is 1. The Morgan fingerprint density at radius 2 is 2.35 bits per heavy atom. The Morgan fingerprint density at radius 3 is 3.00 bits per heavy atom. The fraction of sp³-hybridized carbons (Fsp3) is 0.455. The van der Waals surface area contributed by atoms with Gasteiger partial charge in [-0.2, -0.15) is 0 Å². The molecule has 17 heavy (non-hydrogen) atoms. The number of hydrogen-bond donors (Lipinski definition) is 2. The van der Waals surface area contributed by atoms with Crippen LogP contribution in [0, 0.1) is 10.1 Å². The highest BCUT2D eigenvalue weighted by molar-refractivity contribution is 6.32. The van der Waals surface area contributed by atoms with Gasteiger partial charge in [-0.3, -0.25) is 10.1 Å². The van der Waals surface area contributed by atoms with Crippen LogP contribution in [0.3, 0.4) is 0 Å². The monoisotopic (exact) mass is 255 g/mol. The highest BCUT2D eigenvalue weighted by Gasteiger charge is 2.16. The number of nitro groups is 1. The highest BCUT2D eigenvalue weighted by atomic mass is 35.5. The van der Waals surface area contributed by atoms with Crippen molar-refractivity contribution >= 4 is 23.0 Å². The average Bonchev–Trinajstić information content (AvgIpc) is 2.32. The fourth-order valence-electron chi connectivity index (χ4n) is 1.95. The van der Waals surface area contributed by atoms with E-state index in [1.807, 2.05) is 0 Å². The Hall–Kier alpha value is -1.33. The Morgan fingerprint density at radius 1 is 1.53 bits per heavy atom. The largest absolute Gasteiger partial charge is 0.381 e. The average molecular weight is 256 g/mol. The number of nitrogens with one attached hydrogen (secondary N) is 2. The first kappa shape index (κ1) is 12.1. The standard InChI is InChI=1S/C11H14ClN3O2/c12-10-4-3-8(6-11(10)15(16)17)14-9-2-1-5-13-7-9/h3-4,6,9,13-14H,1-2,5,7H2. The molecule has 0 aliphatic carbocycles. The van der Waals surface area contributed by atoms with E-state index in [4.69, 9.17) is 11.6 Å². The van der Waals surface area contributed by atoms with Crippen LogP contribution in [0.1, 0.15) is 12.8 Å². The predicted octanol–water partition coefficient (Wildman–Crippen LogP) is 2.41. The fourth-order valence-corrected chi connectivity index (χ4v) is 2.14. The van der Waals surface area contributed by atoms with E-state index in [1.54, 1.807) is 12.1 Å².